The molecule has 3 aromatic heterocycles. The molecule has 0 amide bonds. The van der Waals surface area contributed by atoms with Crippen LogP contribution in [-0.4, -0.2) is 9.56 Å². The Labute approximate surface area is 194 Å². The van der Waals surface area contributed by atoms with E-state index >= 15 is 0 Å². The second kappa shape index (κ2) is 6.78. The largest absolute Gasteiger partial charge is 0.374 e. The molecule has 0 saturated carbocycles. The van der Waals surface area contributed by atoms with Gasteiger partial charge in [0.1, 0.15) is 0 Å². The summed E-state index contributed by atoms with van der Waals surface area (Å²) in [6.07, 6.45) is 3.68. The first kappa shape index (κ1) is 19.1. The second-order valence-corrected chi connectivity index (χ2v) is 8.94. The van der Waals surface area contributed by atoms with Gasteiger partial charge in [0, 0.05) is 23.2 Å². The lowest BCUT2D eigenvalue weighted by Gasteiger charge is -2.14. The fraction of sp³-hybridized carbons (Fsp3) is 0.0667. The maximum absolute atomic E-state index is 13.6. The predicted octanol–water partition coefficient (Wildman–Crippen LogP) is 7.18. The molecule has 4 nitrogen and oxygen atoms in total. The third-order valence-electron chi connectivity index (χ3n) is 6.86. The number of benzene rings is 4. The zero-order chi connectivity index (χ0) is 23.0. The van der Waals surface area contributed by atoms with Crippen molar-refractivity contribution in [1.29, 1.82) is 0 Å². The number of aryl methyl sites for hydroxylation is 2. The van der Waals surface area contributed by atoms with E-state index in [0.717, 1.165) is 59.9 Å². The van der Waals surface area contributed by atoms with Crippen molar-refractivity contribution < 1.29 is 4.52 Å². The zero-order valence-corrected chi connectivity index (χ0v) is 18.8. The molecule has 7 rings (SSSR count). The van der Waals surface area contributed by atoms with Crippen LogP contribution in [0.1, 0.15) is 11.1 Å². The first-order valence-electron chi connectivity index (χ1n) is 11.4. The molecule has 0 aliphatic heterocycles. The summed E-state index contributed by atoms with van der Waals surface area (Å²) in [5, 5.41) is 7.41. The van der Waals surface area contributed by atoms with Crippen LogP contribution in [0.15, 0.2) is 94.5 Å². The van der Waals surface area contributed by atoms with Crippen molar-refractivity contribution >= 4 is 48.8 Å². The molecular weight excluding hydrogens is 420 g/mol. The van der Waals surface area contributed by atoms with Gasteiger partial charge < -0.3 is 4.52 Å². The van der Waals surface area contributed by atoms with E-state index in [1.807, 2.05) is 54.1 Å². The number of pyridine rings is 2. The van der Waals surface area contributed by atoms with E-state index in [2.05, 4.69) is 48.3 Å². The summed E-state index contributed by atoms with van der Waals surface area (Å²) in [6.45, 7) is 3.96. The Morgan fingerprint density at radius 1 is 0.735 bits per heavy atom. The van der Waals surface area contributed by atoms with Crippen LogP contribution in [0.3, 0.4) is 0 Å². The molecule has 4 aromatic carbocycles. The molecular formula is C30H20N2O2. The third-order valence-corrected chi connectivity index (χ3v) is 6.86. The molecule has 0 bridgehead atoms. The van der Waals surface area contributed by atoms with Crippen LogP contribution in [-0.2, 0) is 0 Å². The van der Waals surface area contributed by atoms with Gasteiger partial charge in [-0.25, -0.2) is 0 Å². The van der Waals surface area contributed by atoms with E-state index < -0.39 is 0 Å². The monoisotopic (exact) mass is 440 g/mol. The molecule has 0 unspecified atom stereocenters. The summed E-state index contributed by atoms with van der Waals surface area (Å²) in [5.41, 5.74) is 5.03. The standard InChI is InChI=1S/C30H20N2O2/c1-17-15-20-11-9-19-10-12-21-16-18(2)30-28(23-8-4-6-14-32(23)34-30)26(21)24(19)25(20)27(29(17)33)22-7-3-5-13-31-22/h3-16H,1-2H3. The van der Waals surface area contributed by atoms with Crippen LogP contribution in [0.5, 0.6) is 0 Å². The SMILES string of the molecule is Cc1cc2ccc3ccc4cc(C)c5on6ccccc6c5c4c3c2c(-c2ccccn2)c1=O. The number of rotatable bonds is 1. The zero-order valence-electron chi connectivity index (χ0n) is 18.8. The van der Waals surface area contributed by atoms with Crippen molar-refractivity contribution in [3.8, 4) is 11.3 Å². The number of aromatic nitrogens is 2. The Morgan fingerprint density at radius 3 is 2.24 bits per heavy atom. The lowest BCUT2D eigenvalue weighted by Crippen LogP contribution is -2.09. The van der Waals surface area contributed by atoms with Gasteiger partial charge in [0.2, 0.25) is 0 Å². The van der Waals surface area contributed by atoms with E-state index in [0.29, 0.717) is 11.3 Å². The van der Waals surface area contributed by atoms with Crippen molar-refractivity contribution in [3.63, 3.8) is 0 Å². The minimum absolute atomic E-state index is 0.0190. The quantitative estimate of drug-likeness (QED) is 0.254. The van der Waals surface area contributed by atoms with Gasteiger partial charge in [0.15, 0.2) is 11.0 Å². The Balaban J connectivity index is 1.85. The van der Waals surface area contributed by atoms with Gasteiger partial charge in [0.25, 0.3) is 0 Å². The van der Waals surface area contributed by atoms with Crippen LogP contribution in [0.4, 0.5) is 0 Å². The highest BCUT2D eigenvalue weighted by molar-refractivity contribution is 6.31. The Hall–Kier alpha value is -4.44. The summed E-state index contributed by atoms with van der Waals surface area (Å²) < 4.78 is 8.08. The molecule has 162 valence electrons. The molecule has 34 heavy (non-hydrogen) atoms. The van der Waals surface area contributed by atoms with E-state index in [9.17, 15) is 4.79 Å². The number of fused-ring (bicyclic) bond motifs is 9. The van der Waals surface area contributed by atoms with Crippen molar-refractivity contribution in [3.05, 3.63) is 107 Å². The molecule has 4 heteroatoms. The highest BCUT2D eigenvalue weighted by Crippen LogP contribution is 2.42. The maximum Gasteiger partial charge on any atom is 0.191 e. The van der Waals surface area contributed by atoms with Crippen molar-refractivity contribution in [2.24, 2.45) is 0 Å². The van der Waals surface area contributed by atoms with Gasteiger partial charge >= 0.3 is 0 Å². The second-order valence-electron chi connectivity index (χ2n) is 8.94. The average molecular weight is 441 g/mol. The summed E-state index contributed by atoms with van der Waals surface area (Å²) in [7, 11) is 0. The molecule has 7 aromatic rings. The predicted molar refractivity (Wildman–Crippen MR) is 139 cm³/mol. The van der Waals surface area contributed by atoms with Crippen molar-refractivity contribution in [1.82, 2.24) is 9.56 Å². The molecule has 0 spiro atoms. The smallest absolute Gasteiger partial charge is 0.191 e. The molecule has 0 atom stereocenters. The first-order chi connectivity index (χ1) is 16.6. The minimum Gasteiger partial charge on any atom is -0.374 e. The number of hydrogen-bond donors (Lipinski definition) is 0. The molecule has 0 fully saturated rings. The summed E-state index contributed by atoms with van der Waals surface area (Å²) >= 11 is 0. The van der Waals surface area contributed by atoms with Crippen LogP contribution < -0.4 is 5.43 Å². The average Bonchev–Trinajstić information content (AvgIpc) is 3.25. The Morgan fingerprint density at radius 2 is 1.44 bits per heavy atom. The van der Waals surface area contributed by atoms with Crippen LogP contribution in [0.25, 0.3) is 60.1 Å². The number of hydrogen-bond acceptors (Lipinski definition) is 3. The lowest BCUT2D eigenvalue weighted by atomic mass is 9.89. The van der Waals surface area contributed by atoms with Crippen LogP contribution >= 0.6 is 0 Å². The van der Waals surface area contributed by atoms with Gasteiger partial charge in [-0.05, 0) is 82.9 Å². The fourth-order valence-corrected chi connectivity index (χ4v) is 5.37. The maximum atomic E-state index is 13.6. The van der Waals surface area contributed by atoms with E-state index in [1.54, 1.807) is 6.20 Å². The minimum atomic E-state index is 0.0190. The molecule has 0 radical (unpaired) electrons. The fourth-order valence-electron chi connectivity index (χ4n) is 5.37. The Bertz CT molecular complexity index is 1990. The summed E-state index contributed by atoms with van der Waals surface area (Å²) in [4.78, 5) is 18.2. The van der Waals surface area contributed by atoms with E-state index in [1.165, 1.54) is 0 Å². The van der Waals surface area contributed by atoms with Crippen LogP contribution in [0, 0.1) is 13.8 Å². The topological polar surface area (TPSA) is 47.5 Å². The molecule has 0 aliphatic carbocycles. The van der Waals surface area contributed by atoms with Crippen molar-refractivity contribution in [2.45, 2.75) is 13.8 Å². The molecule has 3 heterocycles. The number of nitrogens with zero attached hydrogens (tertiary/aromatic N) is 2. The van der Waals surface area contributed by atoms with E-state index in [4.69, 9.17) is 4.52 Å². The van der Waals surface area contributed by atoms with Crippen molar-refractivity contribution in [2.75, 3.05) is 0 Å². The van der Waals surface area contributed by atoms with Gasteiger partial charge in [-0.1, -0.05) is 36.4 Å². The third kappa shape index (κ3) is 2.48. The first-order valence-corrected chi connectivity index (χ1v) is 11.4. The van der Waals surface area contributed by atoms with E-state index in [-0.39, 0.29) is 5.43 Å². The van der Waals surface area contributed by atoms with Crippen LogP contribution in [0.2, 0.25) is 0 Å². The molecule has 0 aliphatic rings. The van der Waals surface area contributed by atoms with Gasteiger partial charge in [-0.2, -0.15) is 4.57 Å². The highest BCUT2D eigenvalue weighted by Gasteiger charge is 2.20. The summed E-state index contributed by atoms with van der Waals surface area (Å²) in [5.74, 6) is 0. The summed E-state index contributed by atoms with van der Waals surface area (Å²) in [6, 6.07) is 24.5. The van der Waals surface area contributed by atoms with Gasteiger partial charge in [-0.15, -0.1) is 0 Å². The highest BCUT2D eigenvalue weighted by atomic mass is 16.5. The Kier molecular flexibility index (Phi) is 3.80. The lowest BCUT2D eigenvalue weighted by molar-refractivity contribution is 0.408. The van der Waals surface area contributed by atoms with Gasteiger partial charge in [-0.3, -0.25) is 9.78 Å². The normalized spacial score (nSPS) is 11.9. The van der Waals surface area contributed by atoms with Gasteiger partial charge in [0.05, 0.1) is 22.2 Å². The molecule has 0 N–H and O–H groups in total. The molecule has 0 saturated heterocycles.